The molecule has 132 valence electrons. The minimum absolute atomic E-state index is 0.112. The first-order valence-electron chi connectivity index (χ1n) is 8.23. The number of carbonyl (C=O) groups is 1. The van der Waals surface area contributed by atoms with E-state index in [1.807, 2.05) is 67.6 Å². The van der Waals surface area contributed by atoms with Gasteiger partial charge in [-0.1, -0.05) is 48.0 Å². The van der Waals surface area contributed by atoms with Gasteiger partial charge in [0.2, 0.25) is 5.91 Å². The second-order valence-corrected chi connectivity index (χ2v) is 6.21. The number of amides is 1. The van der Waals surface area contributed by atoms with Gasteiger partial charge in [-0.3, -0.25) is 4.79 Å². The number of hydrogen-bond donors (Lipinski definition) is 2. The van der Waals surface area contributed by atoms with Gasteiger partial charge < -0.3 is 15.4 Å². The summed E-state index contributed by atoms with van der Waals surface area (Å²) in [7, 11) is 0. The van der Waals surface area contributed by atoms with E-state index in [0.29, 0.717) is 16.5 Å². The van der Waals surface area contributed by atoms with Gasteiger partial charge in [0.25, 0.3) is 0 Å². The molecule has 0 aromatic heterocycles. The van der Waals surface area contributed by atoms with E-state index >= 15 is 0 Å². The molecule has 0 radical (unpaired) electrons. The molecule has 0 unspecified atom stereocenters. The van der Waals surface area contributed by atoms with Crippen LogP contribution >= 0.6 is 11.6 Å². The highest BCUT2D eigenvalue weighted by Crippen LogP contribution is 2.29. The van der Waals surface area contributed by atoms with Crippen LogP contribution in [0.3, 0.4) is 0 Å². The van der Waals surface area contributed by atoms with Crippen molar-refractivity contribution < 1.29 is 9.53 Å². The van der Waals surface area contributed by atoms with Crippen molar-refractivity contribution in [2.24, 2.45) is 0 Å². The van der Waals surface area contributed by atoms with Crippen LogP contribution in [0.4, 0.5) is 11.4 Å². The molecule has 0 aliphatic rings. The molecule has 0 spiro atoms. The Labute approximate surface area is 157 Å². The number of rotatable bonds is 6. The lowest BCUT2D eigenvalue weighted by Crippen LogP contribution is -2.22. The van der Waals surface area contributed by atoms with Crippen LogP contribution in [-0.2, 0) is 4.79 Å². The van der Waals surface area contributed by atoms with E-state index in [-0.39, 0.29) is 12.5 Å². The molecule has 1 amide bonds. The predicted molar refractivity (Wildman–Crippen MR) is 106 cm³/mol. The lowest BCUT2D eigenvalue weighted by Gasteiger charge is -2.13. The van der Waals surface area contributed by atoms with Crippen LogP contribution in [0.15, 0.2) is 72.8 Å². The Hall–Kier alpha value is -2.98. The van der Waals surface area contributed by atoms with Crippen LogP contribution in [0.25, 0.3) is 0 Å². The third kappa shape index (κ3) is 4.77. The zero-order valence-corrected chi connectivity index (χ0v) is 15.1. The Morgan fingerprint density at radius 1 is 0.962 bits per heavy atom. The molecule has 0 aliphatic carbocycles. The first kappa shape index (κ1) is 17.8. The van der Waals surface area contributed by atoms with Gasteiger partial charge in [0.05, 0.1) is 12.2 Å². The molecule has 3 aromatic rings. The van der Waals surface area contributed by atoms with Crippen molar-refractivity contribution in [1.29, 1.82) is 0 Å². The largest absolute Gasteiger partial charge is 0.455 e. The number of carbonyl (C=O) groups excluding carboxylic acids is 1. The average molecular weight is 367 g/mol. The fourth-order valence-electron chi connectivity index (χ4n) is 2.42. The lowest BCUT2D eigenvalue weighted by molar-refractivity contribution is -0.114. The molecular formula is C21H19ClN2O2. The van der Waals surface area contributed by atoms with Gasteiger partial charge in [-0.2, -0.15) is 0 Å². The molecule has 0 saturated heterocycles. The third-order valence-electron chi connectivity index (χ3n) is 3.77. The van der Waals surface area contributed by atoms with Crippen molar-refractivity contribution in [2.75, 3.05) is 17.2 Å². The van der Waals surface area contributed by atoms with E-state index in [1.54, 1.807) is 12.1 Å². The Kier molecular flexibility index (Phi) is 5.77. The SMILES string of the molecule is Cc1ccc(Cl)cc1NC(=O)CNc1ccccc1Oc1ccccc1. The fourth-order valence-corrected chi connectivity index (χ4v) is 2.59. The Bertz CT molecular complexity index is 898. The first-order chi connectivity index (χ1) is 12.6. The number of benzene rings is 3. The van der Waals surface area contributed by atoms with Gasteiger partial charge in [0, 0.05) is 10.7 Å². The maximum Gasteiger partial charge on any atom is 0.243 e. The van der Waals surface area contributed by atoms with Crippen LogP contribution in [0.2, 0.25) is 5.02 Å². The number of hydrogen-bond acceptors (Lipinski definition) is 3. The van der Waals surface area contributed by atoms with Crippen molar-refractivity contribution in [3.05, 3.63) is 83.4 Å². The topological polar surface area (TPSA) is 50.4 Å². The zero-order chi connectivity index (χ0) is 18.4. The molecule has 0 aliphatic heterocycles. The van der Waals surface area contributed by atoms with Crippen LogP contribution in [-0.4, -0.2) is 12.5 Å². The number of halogens is 1. The van der Waals surface area contributed by atoms with Gasteiger partial charge in [-0.05, 0) is 48.9 Å². The minimum Gasteiger partial charge on any atom is -0.455 e. The molecule has 5 heteroatoms. The van der Waals surface area contributed by atoms with E-state index in [0.717, 1.165) is 17.0 Å². The van der Waals surface area contributed by atoms with E-state index < -0.39 is 0 Å². The molecule has 4 nitrogen and oxygen atoms in total. The molecule has 3 aromatic carbocycles. The van der Waals surface area contributed by atoms with Gasteiger partial charge >= 0.3 is 0 Å². The molecule has 0 bridgehead atoms. The van der Waals surface area contributed by atoms with E-state index in [9.17, 15) is 4.79 Å². The first-order valence-corrected chi connectivity index (χ1v) is 8.61. The molecule has 3 rings (SSSR count). The standard InChI is InChI=1S/C21H19ClN2O2/c1-15-11-12-16(22)13-19(15)24-21(25)14-23-18-9-5-6-10-20(18)26-17-7-3-2-4-8-17/h2-13,23H,14H2,1H3,(H,24,25). The van der Waals surface area contributed by atoms with E-state index in [1.165, 1.54) is 0 Å². The zero-order valence-electron chi connectivity index (χ0n) is 14.3. The maximum absolute atomic E-state index is 12.3. The second kappa shape index (κ2) is 8.41. The van der Waals surface area contributed by atoms with Crippen LogP contribution < -0.4 is 15.4 Å². The van der Waals surface area contributed by atoms with Crippen LogP contribution in [0.1, 0.15) is 5.56 Å². The summed E-state index contributed by atoms with van der Waals surface area (Å²) >= 11 is 5.99. The number of aryl methyl sites for hydroxylation is 1. The van der Waals surface area contributed by atoms with Crippen molar-refractivity contribution in [3.8, 4) is 11.5 Å². The highest BCUT2D eigenvalue weighted by molar-refractivity contribution is 6.31. The third-order valence-corrected chi connectivity index (χ3v) is 4.01. The number of nitrogens with one attached hydrogen (secondary N) is 2. The molecular weight excluding hydrogens is 348 g/mol. The van der Waals surface area contributed by atoms with Crippen LogP contribution in [0, 0.1) is 6.92 Å². The molecule has 0 fully saturated rings. The fraction of sp³-hybridized carbons (Fsp3) is 0.0952. The highest BCUT2D eigenvalue weighted by atomic mass is 35.5. The maximum atomic E-state index is 12.3. The smallest absolute Gasteiger partial charge is 0.243 e. The summed E-state index contributed by atoms with van der Waals surface area (Å²) in [6.45, 7) is 2.03. The van der Waals surface area contributed by atoms with Crippen molar-refractivity contribution in [2.45, 2.75) is 6.92 Å². The molecule has 2 N–H and O–H groups in total. The van der Waals surface area contributed by atoms with Gasteiger partial charge in [0.1, 0.15) is 5.75 Å². The lowest BCUT2D eigenvalue weighted by atomic mass is 10.2. The van der Waals surface area contributed by atoms with Gasteiger partial charge in [-0.25, -0.2) is 0 Å². The summed E-state index contributed by atoms with van der Waals surface area (Å²) in [5.74, 6) is 1.23. The number of ether oxygens (including phenoxy) is 1. The molecule has 0 atom stereocenters. The Morgan fingerprint density at radius 2 is 1.69 bits per heavy atom. The number of para-hydroxylation sites is 3. The van der Waals surface area contributed by atoms with E-state index in [2.05, 4.69) is 10.6 Å². The molecule has 0 heterocycles. The summed E-state index contributed by atoms with van der Waals surface area (Å²) in [4.78, 5) is 12.3. The summed E-state index contributed by atoms with van der Waals surface area (Å²) in [5, 5.41) is 6.57. The van der Waals surface area contributed by atoms with Gasteiger partial charge in [-0.15, -0.1) is 0 Å². The Morgan fingerprint density at radius 3 is 2.50 bits per heavy atom. The van der Waals surface area contributed by atoms with Crippen molar-refractivity contribution >= 4 is 28.9 Å². The predicted octanol–water partition coefficient (Wildman–Crippen LogP) is 5.49. The Balaban J connectivity index is 1.64. The van der Waals surface area contributed by atoms with Crippen molar-refractivity contribution in [1.82, 2.24) is 0 Å². The summed E-state index contributed by atoms with van der Waals surface area (Å²) in [6.07, 6.45) is 0. The monoisotopic (exact) mass is 366 g/mol. The quantitative estimate of drug-likeness (QED) is 0.606. The van der Waals surface area contributed by atoms with Gasteiger partial charge in [0.15, 0.2) is 5.75 Å². The summed E-state index contributed by atoms with van der Waals surface area (Å²) < 4.78 is 5.88. The number of anilines is 2. The normalized spacial score (nSPS) is 10.2. The van der Waals surface area contributed by atoms with Crippen LogP contribution in [0.5, 0.6) is 11.5 Å². The van der Waals surface area contributed by atoms with Crippen molar-refractivity contribution in [3.63, 3.8) is 0 Å². The summed E-state index contributed by atoms with van der Waals surface area (Å²) in [5.41, 5.74) is 2.41. The molecule has 26 heavy (non-hydrogen) atoms. The minimum atomic E-state index is -0.162. The average Bonchev–Trinajstić information content (AvgIpc) is 2.65. The van der Waals surface area contributed by atoms with E-state index in [4.69, 9.17) is 16.3 Å². The summed E-state index contributed by atoms with van der Waals surface area (Å²) in [6, 6.07) is 22.4. The second-order valence-electron chi connectivity index (χ2n) is 5.77. The highest BCUT2D eigenvalue weighted by Gasteiger charge is 2.08. The molecule has 0 saturated carbocycles.